The first kappa shape index (κ1) is 9.96. The molecule has 1 heterocycles. The van der Waals surface area contributed by atoms with Crippen LogP contribution in [0.2, 0.25) is 0 Å². The molecule has 0 aromatic rings. The Bertz CT molecular complexity index is 143. The second-order valence-electron chi connectivity index (χ2n) is 4.13. The molecule has 1 aliphatic rings. The van der Waals surface area contributed by atoms with Crippen molar-refractivity contribution >= 4 is 0 Å². The van der Waals surface area contributed by atoms with Gasteiger partial charge in [0.1, 0.15) is 0 Å². The fourth-order valence-corrected chi connectivity index (χ4v) is 1.72. The fourth-order valence-electron chi connectivity index (χ4n) is 1.72. The van der Waals surface area contributed by atoms with E-state index in [1.165, 1.54) is 0 Å². The van der Waals surface area contributed by atoms with E-state index in [1.807, 2.05) is 0 Å². The maximum Gasteiger partial charge on any atom is 0.0522 e. The van der Waals surface area contributed by atoms with Gasteiger partial charge in [-0.3, -0.25) is 0 Å². The lowest BCUT2D eigenvalue weighted by molar-refractivity contribution is 0.0583. The summed E-state index contributed by atoms with van der Waals surface area (Å²) in [6, 6.07) is 0.518. The fraction of sp³-hybridized carbons (Fsp3) is 1.00. The van der Waals surface area contributed by atoms with Crippen LogP contribution in [-0.2, 0) is 0 Å². The number of hydrogen-bond donors (Lipinski definition) is 2. The molecule has 12 heavy (non-hydrogen) atoms. The van der Waals surface area contributed by atoms with Crippen LogP contribution >= 0.6 is 0 Å². The second kappa shape index (κ2) is 3.73. The summed E-state index contributed by atoms with van der Waals surface area (Å²) in [7, 11) is 0. The van der Waals surface area contributed by atoms with Crippen LogP contribution in [0.1, 0.15) is 20.3 Å². The Morgan fingerprint density at radius 3 is 2.17 bits per heavy atom. The number of aliphatic hydroxyl groups is 2. The summed E-state index contributed by atoms with van der Waals surface area (Å²) in [5.74, 6) is 0. The Hall–Kier alpha value is -0.120. The van der Waals surface area contributed by atoms with E-state index in [2.05, 4.69) is 18.7 Å². The molecule has 0 radical (unpaired) electrons. The zero-order valence-corrected chi connectivity index (χ0v) is 7.95. The van der Waals surface area contributed by atoms with Crippen LogP contribution in [0.4, 0.5) is 0 Å². The molecule has 0 aliphatic carbocycles. The zero-order valence-electron chi connectivity index (χ0n) is 7.95. The van der Waals surface area contributed by atoms with Crippen molar-refractivity contribution in [2.45, 2.75) is 26.3 Å². The van der Waals surface area contributed by atoms with Gasteiger partial charge in [0.2, 0.25) is 0 Å². The average Bonchev–Trinajstić information content (AvgIpc) is 2.49. The van der Waals surface area contributed by atoms with E-state index >= 15 is 0 Å². The third-order valence-electron chi connectivity index (χ3n) is 2.87. The van der Waals surface area contributed by atoms with E-state index in [0.717, 1.165) is 19.5 Å². The van der Waals surface area contributed by atoms with Crippen LogP contribution in [0.5, 0.6) is 0 Å². The molecular formula is C9H19NO2. The van der Waals surface area contributed by atoms with Gasteiger partial charge in [0.15, 0.2) is 0 Å². The van der Waals surface area contributed by atoms with Crippen molar-refractivity contribution in [2.75, 3.05) is 26.3 Å². The highest BCUT2D eigenvalue weighted by molar-refractivity contribution is 4.89. The smallest absolute Gasteiger partial charge is 0.0522 e. The molecule has 0 bridgehead atoms. The summed E-state index contributed by atoms with van der Waals surface area (Å²) in [6.45, 7) is 6.32. The SMILES string of the molecule is CC(C)N1CCC(CO)(CO)C1. The minimum absolute atomic E-state index is 0.104. The van der Waals surface area contributed by atoms with E-state index in [1.54, 1.807) is 0 Å². The minimum atomic E-state index is -0.232. The molecule has 0 aromatic carbocycles. The molecule has 0 atom stereocenters. The van der Waals surface area contributed by atoms with Gasteiger partial charge in [-0.05, 0) is 26.8 Å². The summed E-state index contributed by atoms with van der Waals surface area (Å²) in [4.78, 5) is 2.30. The average molecular weight is 173 g/mol. The van der Waals surface area contributed by atoms with E-state index in [0.29, 0.717) is 6.04 Å². The van der Waals surface area contributed by atoms with Crippen LogP contribution < -0.4 is 0 Å². The predicted octanol–water partition coefficient (Wildman–Crippen LogP) is 0.0715. The molecule has 0 spiro atoms. The third-order valence-corrected chi connectivity index (χ3v) is 2.87. The first-order valence-electron chi connectivity index (χ1n) is 4.59. The van der Waals surface area contributed by atoms with Crippen molar-refractivity contribution in [3.05, 3.63) is 0 Å². The zero-order chi connectivity index (χ0) is 9.19. The monoisotopic (exact) mass is 173 g/mol. The summed E-state index contributed by atoms with van der Waals surface area (Å²) >= 11 is 0. The standard InChI is InChI=1S/C9H19NO2/c1-8(2)10-4-3-9(5-10,6-11)7-12/h8,11-12H,3-7H2,1-2H3. The van der Waals surface area contributed by atoms with Crippen LogP contribution in [0, 0.1) is 5.41 Å². The number of rotatable bonds is 3. The second-order valence-corrected chi connectivity index (χ2v) is 4.13. The summed E-state index contributed by atoms with van der Waals surface area (Å²) in [6.07, 6.45) is 0.915. The lowest BCUT2D eigenvalue weighted by Gasteiger charge is -2.26. The van der Waals surface area contributed by atoms with Crippen molar-refractivity contribution in [3.63, 3.8) is 0 Å². The van der Waals surface area contributed by atoms with Gasteiger partial charge in [-0.25, -0.2) is 0 Å². The van der Waals surface area contributed by atoms with E-state index < -0.39 is 0 Å². The molecule has 0 aromatic heterocycles. The van der Waals surface area contributed by atoms with Crippen LogP contribution in [0.25, 0.3) is 0 Å². The normalized spacial score (nSPS) is 23.8. The Morgan fingerprint density at radius 2 is 1.92 bits per heavy atom. The van der Waals surface area contributed by atoms with E-state index in [-0.39, 0.29) is 18.6 Å². The Labute approximate surface area is 74.0 Å². The number of aliphatic hydroxyl groups excluding tert-OH is 2. The highest BCUT2D eigenvalue weighted by atomic mass is 16.3. The van der Waals surface area contributed by atoms with Crippen molar-refractivity contribution in [2.24, 2.45) is 5.41 Å². The summed E-state index contributed by atoms with van der Waals surface area (Å²) in [5, 5.41) is 18.3. The maximum atomic E-state index is 9.13. The number of likely N-dealkylation sites (tertiary alicyclic amines) is 1. The summed E-state index contributed by atoms with van der Waals surface area (Å²) in [5.41, 5.74) is -0.232. The van der Waals surface area contributed by atoms with Crippen LogP contribution in [-0.4, -0.2) is 47.5 Å². The molecule has 0 saturated carbocycles. The topological polar surface area (TPSA) is 43.7 Å². The lowest BCUT2D eigenvalue weighted by Crippen LogP contribution is -2.36. The highest BCUT2D eigenvalue weighted by Gasteiger charge is 2.37. The van der Waals surface area contributed by atoms with Gasteiger partial charge in [0.25, 0.3) is 0 Å². The maximum absolute atomic E-state index is 9.13. The molecule has 1 fully saturated rings. The van der Waals surface area contributed by atoms with Crippen LogP contribution in [0.15, 0.2) is 0 Å². The third kappa shape index (κ3) is 1.79. The molecule has 1 saturated heterocycles. The van der Waals surface area contributed by atoms with Crippen molar-refractivity contribution in [1.29, 1.82) is 0 Å². The van der Waals surface area contributed by atoms with Gasteiger partial charge in [-0.1, -0.05) is 0 Å². The highest BCUT2D eigenvalue weighted by Crippen LogP contribution is 2.30. The van der Waals surface area contributed by atoms with Gasteiger partial charge in [0.05, 0.1) is 13.2 Å². The summed E-state index contributed by atoms with van der Waals surface area (Å²) < 4.78 is 0. The minimum Gasteiger partial charge on any atom is -0.396 e. The Kier molecular flexibility index (Phi) is 3.09. The van der Waals surface area contributed by atoms with Crippen molar-refractivity contribution in [1.82, 2.24) is 4.90 Å². The molecule has 0 amide bonds. The first-order valence-corrected chi connectivity index (χ1v) is 4.59. The molecule has 2 N–H and O–H groups in total. The quantitative estimate of drug-likeness (QED) is 0.635. The van der Waals surface area contributed by atoms with Gasteiger partial charge in [0, 0.05) is 18.0 Å². The first-order chi connectivity index (χ1) is 5.63. The van der Waals surface area contributed by atoms with Gasteiger partial charge >= 0.3 is 0 Å². The molecule has 3 heteroatoms. The molecule has 0 unspecified atom stereocenters. The molecule has 72 valence electrons. The van der Waals surface area contributed by atoms with Gasteiger partial charge in [-0.2, -0.15) is 0 Å². The van der Waals surface area contributed by atoms with E-state index in [9.17, 15) is 0 Å². The number of nitrogens with zero attached hydrogens (tertiary/aromatic N) is 1. The Balaban J connectivity index is 2.52. The lowest BCUT2D eigenvalue weighted by atomic mass is 9.89. The molecule has 1 aliphatic heterocycles. The van der Waals surface area contributed by atoms with Crippen molar-refractivity contribution < 1.29 is 10.2 Å². The van der Waals surface area contributed by atoms with Gasteiger partial charge in [-0.15, -0.1) is 0 Å². The van der Waals surface area contributed by atoms with Crippen LogP contribution in [0.3, 0.4) is 0 Å². The number of hydrogen-bond acceptors (Lipinski definition) is 3. The molecular weight excluding hydrogens is 154 g/mol. The van der Waals surface area contributed by atoms with Gasteiger partial charge < -0.3 is 15.1 Å². The predicted molar refractivity (Wildman–Crippen MR) is 47.9 cm³/mol. The largest absolute Gasteiger partial charge is 0.396 e. The van der Waals surface area contributed by atoms with Crippen molar-refractivity contribution in [3.8, 4) is 0 Å². The Morgan fingerprint density at radius 1 is 1.33 bits per heavy atom. The van der Waals surface area contributed by atoms with E-state index in [4.69, 9.17) is 10.2 Å². The molecule has 3 nitrogen and oxygen atoms in total. The molecule has 1 rings (SSSR count).